The monoisotopic (exact) mass is 242 g/mol. The van der Waals surface area contributed by atoms with Crippen LogP contribution in [0.1, 0.15) is 31.1 Å². The number of aryl methyl sites for hydroxylation is 1. The minimum atomic E-state index is -0.532. The van der Waals surface area contributed by atoms with Crippen molar-refractivity contribution in [1.29, 1.82) is 0 Å². The standard InChI is InChI=1S/C16H18O2/c1-3-13-7-6-8-14(11-13)18-16-10-5-4-9-15(16)12(2)17/h4-12,17H,3H2,1-2H3/t12-/m1/s1. The van der Waals surface area contributed by atoms with E-state index in [1.807, 2.05) is 42.5 Å². The molecular weight excluding hydrogens is 224 g/mol. The molecule has 0 saturated heterocycles. The van der Waals surface area contributed by atoms with Crippen LogP contribution in [0.5, 0.6) is 11.5 Å². The number of aliphatic hydroxyl groups excluding tert-OH is 1. The minimum Gasteiger partial charge on any atom is -0.457 e. The fraction of sp³-hybridized carbons (Fsp3) is 0.250. The molecule has 0 fully saturated rings. The Bertz CT molecular complexity index is 518. The molecule has 0 unspecified atom stereocenters. The first kappa shape index (κ1) is 12.7. The van der Waals surface area contributed by atoms with Crippen molar-refractivity contribution < 1.29 is 9.84 Å². The summed E-state index contributed by atoms with van der Waals surface area (Å²) in [6, 6.07) is 15.6. The average Bonchev–Trinajstić information content (AvgIpc) is 2.39. The van der Waals surface area contributed by atoms with Gasteiger partial charge in [0.1, 0.15) is 11.5 Å². The molecule has 2 rings (SSSR count). The summed E-state index contributed by atoms with van der Waals surface area (Å²) in [5.41, 5.74) is 2.04. The Morgan fingerprint density at radius 3 is 2.61 bits per heavy atom. The molecule has 2 heteroatoms. The van der Waals surface area contributed by atoms with Gasteiger partial charge in [-0.25, -0.2) is 0 Å². The lowest BCUT2D eigenvalue weighted by Crippen LogP contribution is -1.96. The Labute approximate surface area is 108 Å². The van der Waals surface area contributed by atoms with E-state index in [0.29, 0.717) is 5.75 Å². The maximum Gasteiger partial charge on any atom is 0.133 e. The zero-order chi connectivity index (χ0) is 13.0. The van der Waals surface area contributed by atoms with Crippen LogP contribution in [0.2, 0.25) is 0 Å². The molecule has 0 amide bonds. The Morgan fingerprint density at radius 2 is 1.89 bits per heavy atom. The summed E-state index contributed by atoms with van der Waals surface area (Å²) in [6.07, 6.45) is 0.450. The topological polar surface area (TPSA) is 29.5 Å². The van der Waals surface area contributed by atoms with Gasteiger partial charge in [-0.2, -0.15) is 0 Å². The Morgan fingerprint density at radius 1 is 1.11 bits per heavy atom. The van der Waals surface area contributed by atoms with Crippen LogP contribution in [0.15, 0.2) is 48.5 Å². The predicted octanol–water partition coefficient (Wildman–Crippen LogP) is 4.09. The van der Waals surface area contributed by atoms with Gasteiger partial charge in [-0.3, -0.25) is 0 Å². The molecule has 18 heavy (non-hydrogen) atoms. The summed E-state index contributed by atoms with van der Waals surface area (Å²) < 4.78 is 5.85. The molecule has 0 heterocycles. The van der Waals surface area contributed by atoms with E-state index in [2.05, 4.69) is 13.0 Å². The van der Waals surface area contributed by atoms with Gasteiger partial charge in [0.15, 0.2) is 0 Å². The van der Waals surface area contributed by atoms with Crippen LogP contribution in [0.25, 0.3) is 0 Å². The average molecular weight is 242 g/mol. The zero-order valence-corrected chi connectivity index (χ0v) is 10.8. The third-order valence-corrected chi connectivity index (χ3v) is 2.90. The highest BCUT2D eigenvalue weighted by molar-refractivity contribution is 5.39. The third-order valence-electron chi connectivity index (χ3n) is 2.90. The quantitative estimate of drug-likeness (QED) is 0.874. The number of rotatable bonds is 4. The second-order valence-corrected chi connectivity index (χ2v) is 4.32. The first-order valence-corrected chi connectivity index (χ1v) is 6.24. The lowest BCUT2D eigenvalue weighted by molar-refractivity contribution is 0.195. The molecule has 0 aliphatic carbocycles. The molecule has 2 nitrogen and oxygen atoms in total. The molecule has 0 spiro atoms. The van der Waals surface area contributed by atoms with Crippen LogP contribution >= 0.6 is 0 Å². The molecule has 1 atom stereocenters. The molecule has 2 aromatic carbocycles. The maximum absolute atomic E-state index is 9.70. The number of ether oxygens (including phenoxy) is 1. The zero-order valence-electron chi connectivity index (χ0n) is 10.8. The molecule has 0 aliphatic heterocycles. The number of hydrogen-bond acceptors (Lipinski definition) is 2. The Hall–Kier alpha value is -1.80. The van der Waals surface area contributed by atoms with E-state index < -0.39 is 6.10 Å². The molecule has 0 aromatic heterocycles. The Balaban J connectivity index is 2.28. The summed E-state index contributed by atoms with van der Waals surface area (Å²) >= 11 is 0. The second kappa shape index (κ2) is 5.69. The summed E-state index contributed by atoms with van der Waals surface area (Å²) in [4.78, 5) is 0. The third kappa shape index (κ3) is 2.90. The highest BCUT2D eigenvalue weighted by Crippen LogP contribution is 2.29. The predicted molar refractivity (Wildman–Crippen MR) is 73.0 cm³/mol. The summed E-state index contributed by atoms with van der Waals surface area (Å²) in [5, 5.41) is 9.70. The van der Waals surface area contributed by atoms with E-state index in [1.54, 1.807) is 6.92 Å². The van der Waals surface area contributed by atoms with Crippen LogP contribution in [0.4, 0.5) is 0 Å². The lowest BCUT2D eigenvalue weighted by atomic mass is 10.1. The van der Waals surface area contributed by atoms with E-state index in [-0.39, 0.29) is 0 Å². The highest BCUT2D eigenvalue weighted by Gasteiger charge is 2.09. The summed E-state index contributed by atoms with van der Waals surface area (Å²) in [5.74, 6) is 1.52. The lowest BCUT2D eigenvalue weighted by Gasteiger charge is -2.13. The molecule has 0 bridgehead atoms. The van der Waals surface area contributed by atoms with E-state index >= 15 is 0 Å². The van der Waals surface area contributed by atoms with Crippen LogP contribution in [-0.2, 0) is 6.42 Å². The van der Waals surface area contributed by atoms with Gasteiger partial charge >= 0.3 is 0 Å². The van der Waals surface area contributed by atoms with Gasteiger partial charge in [-0.05, 0) is 37.1 Å². The summed E-state index contributed by atoms with van der Waals surface area (Å²) in [6.45, 7) is 3.85. The van der Waals surface area contributed by atoms with Crippen LogP contribution in [-0.4, -0.2) is 5.11 Å². The van der Waals surface area contributed by atoms with Gasteiger partial charge in [0.25, 0.3) is 0 Å². The molecule has 0 aliphatic rings. The van der Waals surface area contributed by atoms with Crippen molar-refractivity contribution in [2.75, 3.05) is 0 Å². The van der Waals surface area contributed by atoms with Gasteiger partial charge in [-0.1, -0.05) is 37.3 Å². The van der Waals surface area contributed by atoms with Gasteiger partial charge in [-0.15, -0.1) is 0 Å². The molecular formula is C16H18O2. The largest absolute Gasteiger partial charge is 0.457 e. The van der Waals surface area contributed by atoms with Gasteiger partial charge < -0.3 is 9.84 Å². The van der Waals surface area contributed by atoms with E-state index in [4.69, 9.17) is 4.74 Å². The first-order valence-electron chi connectivity index (χ1n) is 6.24. The van der Waals surface area contributed by atoms with E-state index in [0.717, 1.165) is 17.7 Å². The smallest absolute Gasteiger partial charge is 0.133 e. The fourth-order valence-electron chi connectivity index (χ4n) is 1.87. The maximum atomic E-state index is 9.70. The van der Waals surface area contributed by atoms with Crippen LogP contribution < -0.4 is 4.74 Å². The second-order valence-electron chi connectivity index (χ2n) is 4.32. The number of benzene rings is 2. The highest BCUT2D eigenvalue weighted by atomic mass is 16.5. The van der Waals surface area contributed by atoms with Crippen LogP contribution in [0, 0.1) is 0 Å². The van der Waals surface area contributed by atoms with Crippen LogP contribution in [0.3, 0.4) is 0 Å². The SMILES string of the molecule is CCc1cccc(Oc2ccccc2[C@@H](C)O)c1. The van der Waals surface area contributed by atoms with E-state index in [9.17, 15) is 5.11 Å². The minimum absolute atomic E-state index is 0.532. The van der Waals surface area contributed by atoms with Crippen molar-refractivity contribution in [3.63, 3.8) is 0 Å². The molecule has 0 radical (unpaired) electrons. The van der Waals surface area contributed by atoms with E-state index in [1.165, 1.54) is 5.56 Å². The van der Waals surface area contributed by atoms with Crippen molar-refractivity contribution in [2.45, 2.75) is 26.4 Å². The molecule has 1 N–H and O–H groups in total. The van der Waals surface area contributed by atoms with Gasteiger partial charge in [0, 0.05) is 5.56 Å². The van der Waals surface area contributed by atoms with Crippen molar-refractivity contribution in [3.8, 4) is 11.5 Å². The molecule has 0 saturated carbocycles. The number of hydrogen-bond donors (Lipinski definition) is 1. The number of para-hydroxylation sites is 1. The Kier molecular flexibility index (Phi) is 4.00. The summed E-state index contributed by atoms with van der Waals surface area (Å²) in [7, 11) is 0. The van der Waals surface area contributed by atoms with Crippen molar-refractivity contribution >= 4 is 0 Å². The van der Waals surface area contributed by atoms with Crippen molar-refractivity contribution in [3.05, 3.63) is 59.7 Å². The van der Waals surface area contributed by atoms with Crippen molar-refractivity contribution in [2.24, 2.45) is 0 Å². The fourth-order valence-corrected chi connectivity index (χ4v) is 1.87. The van der Waals surface area contributed by atoms with Gasteiger partial charge in [0.2, 0.25) is 0 Å². The first-order chi connectivity index (χ1) is 8.70. The normalized spacial score (nSPS) is 12.2. The van der Waals surface area contributed by atoms with Crippen molar-refractivity contribution in [1.82, 2.24) is 0 Å². The molecule has 2 aromatic rings. The number of aliphatic hydroxyl groups is 1. The van der Waals surface area contributed by atoms with Gasteiger partial charge in [0.05, 0.1) is 6.10 Å². The molecule has 94 valence electrons.